The van der Waals surface area contributed by atoms with E-state index in [1.54, 1.807) is 0 Å². The summed E-state index contributed by atoms with van der Waals surface area (Å²) in [5.74, 6) is -2.03. The van der Waals surface area contributed by atoms with Gasteiger partial charge in [-0.05, 0) is 0 Å². The minimum absolute atomic E-state index is 0.195. The van der Waals surface area contributed by atoms with Gasteiger partial charge in [-0.1, -0.05) is 15.9 Å². The van der Waals surface area contributed by atoms with Crippen molar-refractivity contribution in [3.05, 3.63) is 23.0 Å². The average molecular weight is 378 g/mol. The van der Waals surface area contributed by atoms with Crippen molar-refractivity contribution in [3.63, 3.8) is 0 Å². The fourth-order valence-corrected chi connectivity index (χ4v) is 1.96. The number of rotatable bonds is 5. The largest absolute Gasteiger partial charge is 0.573 e. The van der Waals surface area contributed by atoms with Crippen molar-refractivity contribution in [2.45, 2.75) is 24.5 Å². The number of hydrogen-bond donors (Lipinski definition) is 0. The zero-order valence-corrected chi connectivity index (χ0v) is 12.1. The number of esters is 1. The van der Waals surface area contributed by atoms with E-state index < -0.39 is 42.1 Å². The van der Waals surface area contributed by atoms with Crippen molar-refractivity contribution in [2.24, 2.45) is 0 Å². The van der Waals surface area contributed by atoms with E-state index in [1.807, 2.05) is 0 Å². The van der Waals surface area contributed by atoms with Gasteiger partial charge in [-0.3, -0.25) is 9.78 Å². The first-order valence-corrected chi connectivity index (χ1v) is 6.49. The molecule has 1 heterocycles. The van der Waals surface area contributed by atoms with E-state index in [-0.39, 0.29) is 11.0 Å². The summed E-state index contributed by atoms with van der Waals surface area (Å²) < 4.78 is 71.2. The Hall–Kier alpha value is -1.45. The smallest absolute Gasteiger partial charge is 0.469 e. The number of ether oxygens (including phenoxy) is 2. The lowest BCUT2D eigenvalue weighted by atomic mass is 10.1. The average Bonchev–Trinajstić information content (AvgIpc) is 2.37. The van der Waals surface area contributed by atoms with Gasteiger partial charge in [-0.15, -0.1) is 13.2 Å². The Bertz CT molecular complexity index is 521. The molecule has 0 aliphatic rings. The predicted octanol–water partition coefficient (Wildman–Crippen LogP) is 3.53. The lowest BCUT2D eigenvalue weighted by Crippen LogP contribution is -2.21. The van der Waals surface area contributed by atoms with Crippen LogP contribution < -0.4 is 4.74 Å². The zero-order valence-electron chi connectivity index (χ0n) is 10.5. The minimum Gasteiger partial charge on any atom is -0.469 e. The van der Waals surface area contributed by atoms with Crippen LogP contribution in [0.1, 0.15) is 23.2 Å². The van der Waals surface area contributed by atoms with Crippen LogP contribution in [0.15, 0.2) is 6.20 Å². The number of pyridine rings is 1. The summed E-state index contributed by atoms with van der Waals surface area (Å²) in [4.78, 5) is 14.8. The van der Waals surface area contributed by atoms with E-state index in [2.05, 4.69) is 30.4 Å². The van der Waals surface area contributed by atoms with Gasteiger partial charge in [0.1, 0.15) is 5.75 Å². The topological polar surface area (TPSA) is 48.4 Å². The second-order valence-corrected chi connectivity index (χ2v) is 4.27. The highest BCUT2D eigenvalue weighted by Crippen LogP contribution is 2.38. The van der Waals surface area contributed by atoms with Gasteiger partial charge in [-0.25, -0.2) is 8.78 Å². The number of halogens is 6. The molecule has 1 aromatic rings. The van der Waals surface area contributed by atoms with Crippen molar-refractivity contribution >= 4 is 21.9 Å². The Labute approximate surface area is 124 Å². The number of methoxy groups -OCH3 is 1. The quantitative estimate of drug-likeness (QED) is 0.447. The number of carbonyl (C=O) groups is 1. The summed E-state index contributed by atoms with van der Waals surface area (Å²) in [6.07, 6.45) is -8.23. The SMILES string of the molecule is COC(=O)Cc1cnc(CBr)c(C(F)F)c1OC(F)(F)F. The van der Waals surface area contributed by atoms with Gasteiger partial charge in [0.25, 0.3) is 6.43 Å². The van der Waals surface area contributed by atoms with Crippen LogP contribution >= 0.6 is 15.9 Å². The van der Waals surface area contributed by atoms with E-state index in [0.29, 0.717) is 0 Å². The minimum atomic E-state index is -5.18. The molecule has 0 atom stereocenters. The van der Waals surface area contributed by atoms with E-state index in [4.69, 9.17) is 0 Å². The van der Waals surface area contributed by atoms with Crippen LogP contribution in [0, 0.1) is 0 Å². The molecule has 0 unspecified atom stereocenters. The maximum atomic E-state index is 13.0. The summed E-state index contributed by atoms with van der Waals surface area (Å²) in [6.45, 7) is 0. The molecule has 0 bridgehead atoms. The normalized spacial score (nSPS) is 11.6. The number of aromatic nitrogens is 1. The molecule has 0 aromatic carbocycles. The fraction of sp³-hybridized carbons (Fsp3) is 0.455. The van der Waals surface area contributed by atoms with Gasteiger partial charge < -0.3 is 9.47 Å². The highest BCUT2D eigenvalue weighted by molar-refractivity contribution is 9.08. The molecular weight excluding hydrogens is 369 g/mol. The molecule has 10 heteroatoms. The third kappa shape index (κ3) is 4.80. The Kier molecular flexibility index (Phi) is 5.87. The zero-order chi connectivity index (χ0) is 16.2. The van der Waals surface area contributed by atoms with Crippen LogP contribution in [0.4, 0.5) is 22.0 Å². The van der Waals surface area contributed by atoms with Crippen LogP contribution in [-0.4, -0.2) is 24.4 Å². The van der Waals surface area contributed by atoms with Crippen LogP contribution in [0.3, 0.4) is 0 Å². The number of carbonyl (C=O) groups excluding carboxylic acids is 1. The monoisotopic (exact) mass is 377 g/mol. The standard InChI is InChI=1S/C11H9BrF5NO3/c1-20-7(19)2-5-4-18-6(3-12)8(10(13)14)9(5)21-11(15,16)17/h4,10H,2-3H2,1H3. The molecule has 0 N–H and O–H groups in total. The predicted molar refractivity (Wildman–Crippen MR) is 64.2 cm³/mol. The van der Waals surface area contributed by atoms with Gasteiger partial charge in [0.2, 0.25) is 0 Å². The fourth-order valence-electron chi connectivity index (χ4n) is 1.51. The maximum absolute atomic E-state index is 13.0. The molecule has 0 amide bonds. The van der Waals surface area contributed by atoms with Crippen molar-refractivity contribution in [1.82, 2.24) is 4.98 Å². The molecule has 0 saturated carbocycles. The lowest BCUT2D eigenvalue weighted by Gasteiger charge is -2.18. The molecule has 0 aliphatic heterocycles. The van der Waals surface area contributed by atoms with Gasteiger partial charge >= 0.3 is 12.3 Å². The van der Waals surface area contributed by atoms with Crippen molar-refractivity contribution in [2.75, 3.05) is 7.11 Å². The second kappa shape index (κ2) is 7.01. The maximum Gasteiger partial charge on any atom is 0.573 e. The van der Waals surface area contributed by atoms with Crippen LogP contribution in [0.5, 0.6) is 5.75 Å². The third-order valence-corrected chi connectivity index (χ3v) is 2.88. The second-order valence-electron chi connectivity index (χ2n) is 3.71. The highest BCUT2D eigenvalue weighted by Gasteiger charge is 2.36. The Balaban J connectivity index is 3.42. The summed E-state index contributed by atoms with van der Waals surface area (Å²) in [7, 11) is 1.01. The Morgan fingerprint density at radius 3 is 2.48 bits per heavy atom. The molecule has 4 nitrogen and oxygen atoms in total. The highest BCUT2D eigenvalue weighted by atomic mass is 79.9. The van der Waals surface area contributed by atoms with E-state index in [9.17, 15) is 26.7 Å². The van der Waals surface area contributed by atoms with Crippen molar-refractivity contribution < 1.29 is 36.2 Å². The van der Waals surface area contributed by atoms with Crippen LogP contribution in [0.25, 0.3) is 0 Å². The molecule has 0 spiro atoms. The van der Waals surface area contributed by atoms with E-state index in [0.717, 1.165) is 13.3 Å². The number of hydrogen-bond acceptors (Lipinski definition) is 4. The van der Waals surface area contributed by atoms with Gasteiger partial charge in [0.15, 0.2) is 0 Å². The first-order valence-electron chi connectivity index (χ1n) is 5.37. The molecule has 118 valence electrons. The molecule has 1 aromatic heterocycles. The summed E-state index contributed by atoms with van der Waals surface area (Å²) in [6, 6.07) is 0. The summed E-state index contributed by atoms with van der Waals surface area (Å²) >= 11 is 2.86. The molecule has 0 radical (unpaired) electrons. The molecule has 0 fully saturated rings. The third-order valence-electron chi connectivity index (χ3n) is 2.35. The summed E-state index contributed by atoms with van der Waals surface area (Å²) in [5.41, 5.74) is -1.75. The molecule has 21 heavy (non-hydrogen) atoms. The molecule has 0 saturated heterocycles. The van der Waals surface area contributed by atoms with Crippen LogP contribution in [-0.2, 0) is 21.3 Å². The van der Waals surface area contributed by atoms with Crippen molar-refractivity contribution in [3.8, 4) is 5.75 Å². The molecule has 1 rings (SSSR count). The molecular formula is C11H9BrF5NO3. The summed E-state index contributed by atoms with van der Waals surface area (Å²) in [5, 5.41) is -0.195. The lowest BCUT2D eigenvalue weighted by molar-refractivity contribution is -0.275. The Morgan fingerprint density at radius 2 is 2.05 bits per heavy atom. The Morgan fingerprint density at radius 1 is 1.43 bits per heavy atom. The first-order chi connectivity index (χ1) is 9.69. The first kappa shape index (κ1) is 17.6. The van der Waals surface area contributed by atoms with Crippen LogP contribution in [0.2, 0.25) is 0 Å². The number of alkyl halides is 6. The molecule has 0 aliphatic carbocycles. The van der Waals surface area contributed by atoms with Crippen molar-refractivity contribution in [1.29, 1.82) is 0 Å². The van der Waals surface area contributed by atoms with Gasteiger partial charge in [-0.2, -0.15) is 0 Å². The van der Waals surface area contributed by atoms with Gasteiger partial charge in [0.05, 0.1) is 24.8 Å². The number of nitrogens with zero attached hydrogens (tertiary/aromatic N) is 1. The van der Waals surface area contributed by atoms with E-state index in [1.165, 1.54) is 0 Å². The van der Waals surface area contributed by atoms with E-state index >= 15 is 0 Å². The van der Waals surface area contributed by atoms with Gasteiger partial charge in [0, 0.05) is 17.1 Å².